The molecule has 0 spiro atoms. The average molecular weight is 377 g/mol. The molecule has 1 heterocycles. The number of nitrogens with zero attached hydrogens (tertiary/aromatic N) is 3. The minimum Gasteiger partial charge on any atom is -0.367 e. The van der Waals surface area contributed by atoms with Crippen molar-refractivity contribution < 1.29 is 8.42 Å². The van der Waals surface area contributed by atoms with Gasteiger partial charge >= 0.3 is 0 Å². The third-order valence-electron chi connectivity index (χ3n) is 4.08. The van der Waals surface area contributed by atoms with Gasteiger partial charge in [-0.3, -0.25) is 0 Å². The molecule has 142 valence electrons. The van der Waals surface area contributed by atoms with Gasteiger partial charge in [-0.1, -0.05) is 30.3 Å². The fraction of sp³-hybridized carbons (Fsp3) is 0.474. The van der Waals surface area contributed by atoms with Gasteiger partial charge in [0.25, 0.3) is 0 Å². The van der Waals surface area contributed by atoms with Crippen molar-refractivity contribution in [1.29, 1.82) is 0 Å². The summed E-state index contributed by atoms with van der Waals surface area (Å²) in [5.41, 5.74) is 1.82. The van der Waals surface area contributed by atoms with Crippen molar-refractivity contribution in [2.75, 3.05) is 29.6 Å². The van der Waals surface area contributed by atoms with E-state index in [9.17, 15) is 8.42 Å². The molecule has 1 aromatic heterocycles. The summed E-state index contributed by atoms with van der Waals surface area (Å²) in [4.78, 5) is 11.0. The fourth-order valence-electron chi connectivity index (χ4n) is 2.82. The Kier molecular flexibility index (Phi) is 6.97. The van der Waals surface area contributed by atoms with Crippen molar-refractivity contribution in [2.45, 2.75) is 39.0 Å². The Labute approximate surface area is 156 Å². The van der Waals surface area contributed by atoms with Gasteiger partial charge < -0.3 is 10.2 Å². The van der Waals surface area contributed by atoms with Gasteiger partial charge in [0, 0.05) is 37.1 Å². The van der Waals surface area contributed by atoms with Gasteiger partial charge in [0.15, 0.2) is 9.84 Å². The molecule has 0 aliphatic carbocycles. The minimum absolute atomic E-state index is 0.0775. The Hall–Kier alpha value is -2.15. The van der Waals surface area contributed by atoms with Crippen LogP contribution < -0.4 is 10.2 Å². The highest BCUT2D eigenvalue weighted by Gasteiger charge is 2.16. The molecule has 1 atom stereocenters. The number of aromatic nitrogens is 2. The lowest BCUT2D eigenvalue weighted by Gasteiger charge is -2.22. The molecule has 1 N–H and O–H groups in total. The average Bonchev–Trinajstić information content (AvgIpc) is 2.58. The molecule has 2 aromatic rings. The second kappa shape index (κ2) is 8.98. The van der Waals surface area contributed by atoms with Crippen molar-refractivity contribution in [3.63, 3.8) is 0 Å². The van der Waals surface area contributed by atoms with Crippen LogP contribution in [0, 0.1) is 0 Å². The summed E-state index contributed by atoms with van der Waals surface area (Å²) in [5.74, 6) is 1.13. The van der Waals surface area contributed by atoms with Gasteiger partial charge in [-0.25, -0.2) is 13.4 Å². The fourth-order valence-corrected chi connectivity index (χ4v) is 3.60. The van der Waals surface area contributed by atoms with Crippen molar-refractivity contribution in [2.24, 2.45) is 0 Å². The predicted octanol–water partition coefficient (Wildman–Crippen LogP) is 2.91. The highest BCUT2D eigenvalue weighted by atomic mass is 32.2. The zero-order valence-corrected chi connectivity index (χ0v) is 16.8. The molecule has 0 bridgehead atoms. The summed E-state index contributed by atoms with van der Waals surface area (Å²) in [6, 6.07) is 10.3. The molecular weight excluding hydrogens is 348 g/mol. The molecular formula is C19H28N4O2S. The SMILES string of the molecule is CCN(CC)c1ncc(CS(C)(=O)=O)c(N[C@H](C)Cc2ccccc2)n1. The second-order valence-corrected chi connectivity index (χ2v) is 8.66. The minimum atomic E-state index is -3.17. The Morgan fingerprint density at radius 3 is 2.38 bits per heavy atom. The molecule has 7 heteroatoms. The normalized spacial score (nSPS) is 12.6. The van der Waals surface area contributed by atoms with Crippen LogP contribution in [0.25, 0.3) is 0 Å². The highest BCUT2D eigenvalue weighted by molar-refractivity contribution is 7.89. The van der Waals surface area contributed by atoms with Crippen LogP contribution in [0.5, 0.6) is 0 Å². The number of sulfone groups is 1. The van der Waals surface area contributed by atoms with Crippen LogP contribution in [0.3, 0.4) is 0 Å². The molecule has 0 fully saturated rings. The first-order valence-electron chi connectivity index (χ1n) is 8.91. The van der Waals surface area contributed by atoms with Crippen LogP contribution in [0.2, 0.25) is 0 Å². The van der Waals surface area contributed by atoms with Crippen LogP contribution in [0.1, 0.15) is 31.9 Å². The van der Waals surface area contributed by atoms with Crippen LogP contribution >= 0.6 is 0 Å². The lowest BCUT2D eigenvalue weighted by atomic mass is 10.1. The summed E-state index contributed by atoms with van der Waals surface area (Å²) >= 11 is 0. The number of nitrogens with one attached hydrogen (secondary N) is 1. The molecule has 1 aromatic carbocycles. The van der Waals surface area contributed by atoms with Crippen LogP contribution in [-0.4, -0.2) is 43.8 Å². The van der Waals surface area contributed by atoms with E-state index in [4.69, 9.17) is 0 Å². The first-order valence-corrected chi connectivity index (χ1v) is 11.0. The zero-order chi connectivity index (χ0) is 19.2. The molecule has 0 amide bonds. The van der Waals surface area contributed by atoms with E-state index in [1.54, 1.807) is 6.20 Å². The number of hydrogen-bond acceptors (Lipinski definition) is 6. The van der Waals surface area contributed by atoms with Crippen LogP contribution in [0.15, 0.2) is 36.5 Å². The predicted molar refractivity (Wildman–Crippen MR) is 107 cm³/mol. The number of rotatable bonds is 9. The smallest absolute Gasteiger partial charge is 0.227 e. The van der Waals surface area contributed by atoms with E-state index in [0.717, 1.165) is 19.5 Å². The lowest BCUT2D eigenvalue weighted by Crippen LogP contribution is -2.26. The Bertz CT molecular complexity index is 806. The molecule has 0 aliphatic rings. The largest absolute Gasteiger partial charge is 0.367 e. The summed E-state index contributed by atoms with van der Waals surface area (Å²) < 4.78 is 23.5. The molecule has 0 saturated heterocycles. The molecule has 26 heavy (non-hydrogen) atoms. The van der Waals surface area contributed by atoms with Crippen molar-refractivity contribution >= 4 is 21.6 Å². The Morgan fingerprint density at radius 1 is 1.15 bits per heavy atom. The standard InChI is InChI=1S/C19H28N4O2S/c1-5-23(6-2)19-20-13-17(14-26(4,24)25)18(22-19)21-15(3)12-16-10-8-7-9-11-16/h7-11,13,15H,5-6,12,14H2,1-4H3,(H,20,21,22)/t15-/m1/s1. The summed E-state index contributed by atoms with van der Waals surface area (Å²) in [7, 11) is -3.17. The van der Waals surface area contributed by atoms with Crippen LogP contribution in [-0.2, 0) is 22.0 Å². The van der Waals surface area contributed by atoms with Gasteiger partial charge in [0.2, 0.25) is 5.95 Å². The van der Waals surface area contributed by atoms with E-state index in [0.29, 0.717) is 17.3 Å². The molecule has 2 rings (SSSR count). The number of hydrogen-bond donors (Lipinski definition) is 1. The first-order chi connectivity index (χ1) is 12.3. The van der Waals surface area contributed by atoms with E-state index < -0.39 is 9.84 Å². The molecule has 0 saturated carbocycles. The monoisotopic (exact) mass is 376 g/mol. The maximum absolute atomic E-state index is 11.8. The molecule has 0 unspecified atom stereocenters. The summed E-state index contributed by atoms with van der Waals surface area (Å²) in [6.07, 6.45) is 3.67. The third kappa shape index (κ3) is 5.98. The van der Waals surface area contributed by atoms with Gasteiger partial charge in [-0.05, 0) is 32.8 Å². The van der Waals surface area contributed by atoms with E-state index in [1.165, 1.54) is 11.8 Å². The van der Waals surface area contributed by atoms with Crippen molar-refractivity contribution in [3.8, 4) is 0 Å². The number of anilines is 2. The van der Waals surface area contributed by atoms with E-state index in [-0.39, 0.29) is 11.8 Å². The van der Waals surface area contributed by atoms with Crippen molar-refractivity contribution in [1.82, 2.24) is 9.97 Å². The number of benzene rings is 1. The Morgan fingerprint density at radius 2 is 1.81 bits per heavy atom. The third-order valence-corrected chi connectivity index (χ3v) is 4.92. The molecule has 0 radical (unpaired) electrons. The van der Waals surface area contributed by atoms with Gasteiger partial charge in [0.05, 0.1) is 5.75 Å². The van der Waals surface area contributed by atoms with E-state index >= 15 is 0 Å². The topological polar surface area (TPSA) is 75.2 Å². The van der Waals surface area contributed by atoms with Crippen LogP contribution in [0.4, 0.5) is 11.8 Å². The van der Waals surface area contributed by atoms with E-state index in [2.05, 4.69) is 34.3 Å². The lowest BCUT2D eigenvalue weighted by molar-refractivity contribution is 0.601. The van der Waals surface area contributed by atoms with Gasteiger partial charge in [0.1, 0.15) is 5.82 Å². The first kappa shape index (κ1) is 20.2. The quantitative estimate of drug-likeness (QED) is 0.725. The summed E-state index contributed by atoms with van der Waals surface area (Å²) in [6.45, 7) is 7.74. The van der Waals surface area contributed by atoms with Gasteiger partial charge in [-0.15, -0.1) is 0 Å². The summed E-state index contributed by atoms with van der Waals surface area (Å²) in [5, 5.41) is 3.38. The maximum atomic E-state index is 11.8. The molecule has 6 nitrogen and oxygen atoms in total. The zero-order valence-electron chi connectivity index (χ0n) is 15.9. The van der Waals surface area contributed by atoms with Gasteiger partial charge in [-0.2, -0.15) is 4.98 Å². The maximum Gasteiger partial charge on any atom is 0.227 e. The highest BCUT2D eigenvalue weighted by Crippen LogP contribution is 2.20. The molecule has 0 aliphatic heterocycles. The second-order valence-electron chi connectivity index (χ2n) is 6.52. The van der Waals surface area contributed by atoms with Crippen molar-refractivity contribution in [3.05, 3.63) is 47.7 Å². The van der Waals surface area contributed by atoms with E-state index in [1.807, 2.05) is 36.9 Å². The Balaban J connectivity index is 2.27.